The summed E-state index contributed by atoms with van der Waals surface area (Å²) in [5.41, 5.74) is 8.27. The number of aromatic nitrogens is 3. The second-order valence-electron chi connectivity index (χ2n) is 6.68. The molecule has 0 aliphatic heterocycles. The van der Waals surface area contributed by atoms with Crippen molar-refractivity contribution < 1.29 is 4.79 Å². The number of nitrogen functional groups attached to an aromatic ring is 1. The van der Waals surface area contributed by atoms with E-state index in [4.69, 9.17) is 17.3 Å². The number of halogens is 1. The highest BCUT2D eigenvalue weighted by atomic mass is 35.5. The van der Waals surface area contributed by atoms with Gasteiger partial charge < -0.3 is 11.1 Å². The largest absolute Gasteiger partial charge is 0.399 e. The highest BCUT2D eigenvalue weighted by molar-refractivity contribution is 6.32. The molecule has 1 aromatic heterocycles. The number of carbonyl (C=O) groups is 1. The van der Waals surface area contributed by atoms with Crippen molar-refractivity contribution in [3.05, 3.63) is 70.8 Å². The average molecular weight is 382 g/mol. The summed E-state index contributed by atoms with van der Waals surface area (Å²) in [6.07, 6.45) is 2.83. The molecule has 1 heterocycles. The fourth-order valence-electron chi connectivity index (χ4n) is 2.91. The summed E-state index contributed by atoms with van der Waals surface area (Å²) in [5.74, 6) is 1.03. The predicted octanol–water partition coefficient (Wildman–Crippen LogP) is 3.35. The minimum Gasteiger partial charge on any atom is -0.399 e. The molecule has 3 aromatic rings. The van der Waals surface area contributed by atoms with Crippen LogP contribution in [0.25, 0.3) is 5.69 Å². The predicted molar refractivity (Wildman–Crippen MR) is 105 cm³/mol. The van der Waals surface area contributed by atoms with Gasteiger partial charge in [-0.15, -0.1) is 5.10 Å². The lowest BCUT2D eigenvalue weighted by atomic mass is 10.1. The van der Waals surface area contributed by atoms with Crippen LogP contribution in [-0.2, 0) is 6.42 Å². The van der Waals surface area contributed by atoms with E-state index in [0.29, 0.717) is 23.9 Å². The van der Waals surface area contributed by atoms with E-state index in [0.717, 1.165) is 35.6 Å². The first-order valence-electron chi connectivity index (χ1n) is 8.96. The van der Waals surface area contributed by atoms with Crippen molar-refractivity contribution in [1.29, 1.82) is 0 Å². The van der Waals surface area contributed by atoms with Crippen LogP contribution in [0.2, 0.25) is 5.02 Å². The molecule has 1 aliphatic rings. The Kier molecular flexibility index (Phi) is 4.81. The fourth-order valence-corrected chi connectivity index (χ4v) is 3.13. The van der Waals surface area contributed by atoms with Crippen molar-refractivity contribution in [2.75, 3.05) is 12.3 Å². The summed E-state index contributed by atoms with van der Waals surface area (Å²) >= 11 is 6.31. The van der Waals surface area contributed by atoms with Gasteiger partial charge in [-0.1, -0.05) is 35.9 Å². The minimum absolute atomic E-state index is 0.175. The summed E-state index contributed by atoms with van der Waals surface area (Å²) in [6, 6.07) is 15.1. The smallest absolute Gasteiger partial charge is 0.290 e. The third-order valence-corrected chi connectivity index (χ3v) is 4.86. The highest BCUT2D eigenvalue weighted by Crippen LogP contribution is 2.40. The fraction of sp³-hybridized carbons (Fsp3) is 0.250. The Morgan fingerprint density at radius 2 is 1.93 bits per heavy atom. The van der Waals surface area contributed by atoms with Gasteiger partial charge in [-0.2, -0.15) is 0 Å². The Balaban J connectivity index is 1.48. The Morgan fingerprint density at radius 1 is 1.19 bits per heavy atom. The second kappa shape index (κ2) is 7.40. The number of nitrogens with two attached hydrogens (primary N) is 1. The van der Waals surface area contributed by atoms with Crippen molar-refractivity contribution >= 4 is 23.2 Å². The van der Waals surface area contributed by atoms with Gasteiger partial charge >= 0.3 is 0 Å². The SMILES string of the molecule is Nc1ccc(CCNC(=O)c2nc(C3CC3)n(-c3ccccc3Cl)n2)cc1. The molecular formula is C20H20ClN5O. The maximum Gasteiger partial charge on any atom is 0.290 e. The van der Waals surface area contributed by atoms with Crippen LogP contribution >= 0.6 is 11.6 Å². The van der Waals surface area contributed by atoms with E-state index in [1.54, 1.807) is 4.68 Å². The zero-order chi connectivity index (χ0) is 18.8. The molecule has 1 aliphatic carbocycles. The van der Waals surface area contributed by atoms with Gasteiger partial charge in [0, 0.05) is 18.2 Å². The maximum absolute atomic E-state index is 12.5. The minimum atomic E-state index is -0.279. The van der Waals surface area contributed by atoms with Gasteiger partial charge in [-0.25, -0.2) is 9.67 Å². The summed E-state index contributed by atoms with van der Waals surface area (Å²) in [5, 5.41) is 7.90. The Morgan fingerprint density at radius 3 is 2.63 bits per heavy atom. The Labute approximate surface area is 162 Å². The quantitative estimate of drug-likeness (QED) is 0.641. The third-order valence-electron chi connectivity index (χ3n) is 4.54. The zero-order valence-corrected chi connectivity index (χ0v) is 15.5. The molecule has 4 rings (SSSR count). The van der Waals surface area contributed by atoms with Gasteiger partial charge in [0.1, 0.15) is 5.82 Å². The van der Waals surface area contributed by atoms with E-state index >= 15 is 0 Å². The highest BCUT2D eigenvalue weighted by Gasteiger charge is 2.31. The van der Waals surface area contributed by atoms with E-state index in [1.807, 2.05) is 48.5 Å². The van der Waals surface area contributed by atoms with Crippen LogP contribution in [-0.4, -0.2) is 27.2 Å². The van der Waals surface area contributed by atoms with Gasteiger partial charge in [0.25, 0.3) is 5.91 Å². The van der Waals surface area contributed by atoms with Crippen LogP contribution in [0.1, 0.15) is 40.8 Å². The molecule has 0 bridgehead atoms. The molecule has 0 radical (unpaired) electrons. The van der Waals surface area contributed by atoms with E-state index in [1.165, 1.54) is 0 Å². The topological polar surface area (TPSA) is 85.8 Å². The van der Waals surface area contributed by atoms with Crippen LogP contribution in [0.4, 0.5) is 5.69 Å². The van der Waals surface area contributed by atoms with Gasteiger partial charge in [0.05, 0.1) is 10.7 Å². The Bertz CT molecular complexity index is 963. The normalized spacial score (nSPS) is 13.5. The number of amides is 1. The molecular weight excluding hydrogens is 362 g/mol. The van der Waals surface area contributed by atoms with Crippen molar-refractivity contribution in [3.8, 4) is 5.69 Å². The van der Waals surface area contributed by atoms with E-state index in [-0.39, 0.29) is 11.7 Å². The van der Waals surface area contributed by atoms with Gasteiger partial charge in [-0.3, -0.25) is 4.79 Å². The molecule has 0 spiro atoms. The van der Waals surface area contributed by atoms with Crippen LogP contribution in [0.5, 0.6) is 0 Å². The number of anilines is 1. The van der Waals surface area contributed by atoms with E-state index in [9.17, 15) is 4.79 Å². The van der Waals surface area contributed by atoms with Gasteiger partial charge in [0.15, 0.2) is 0 Å². The molecule has 27 heavy (non-hydrogen) atoms. The number of rotatable bonds is 6. The molecule has 1 fully saturated rings. The molecule has 138 valence electrons. The summed E-state index contributed by atoms with van der Waals surface area (Å²) in [4.78, 5) is 17.0. The van der Waals surface area contributed by atoms with Crippen LogP contribution in [0.3, 0.4) is 0 Å². The molecule has 0 atom stereocenters. The van der Waals surface area contributed by atoms with Crippen LogP contribution in [0, 0.1) is 0 Å². The number of nitrogens with one attached hydrogen (secondary N) is 1. The third kappa shape index (κ3) is 3.95. The number of para-hydroxylation sites is 1. The van der Waals surface area contributed by atoms with E-state index < -0.39 is 0 Å². The maximum atomic E-state index is 12.5. The summed E-state index contributed by atoms with van der Waals surface area (Å²) in [7, 11) is 0. The molecule has 2 aromatic carbocycles. The monoisotopic (exact) mass is 381 g/mol. The number of hydrogen-bond acceptors (Lipinski definition) is 4. The molecule has 0 saturated heterocycles. The first-order valence-corrected chi connectivity index (χ1v) is 9.34. The zero-order valence-electron chi connectivity index (χ0n) is 14.7. The lowest BCUT2D eigenvalue weighted by Crippen LogP contribution is -2.27. The van der Waals surface area contributed by atoms with Crippen molar-refractivity contribution in [3.63, 3.8) is 0 Å². The summed E-state index contributed by atoms with van der Waals surface area (Å²) in [6.45, 7) is 0.502. The van der Waals surface area contributed by atoms with Crippen molar-refractivity contribution in [2.24, 2.45) is 0 Å². The molecule has 1 saturated carbocycles. The lowest BCUT2D eigenvalue weighted by Gasteiger charge is -2.06. The van der Waals surface area contributed by atoms with Crippen LogP contribution in [0.15, 0.2) is 48.5 Å². The lowest BCUT2D eigenvalue weighted by molar-refractivity contribution is 0.0944. The van der Waals surface area contributed by atoms with Crippen molar-refractivity contribution in [1.82, 2.24) is 20.1 Å². The van der Waals surface area contributed by atoms with Crippen molar-refractivity contribution in [2.45, 2.75) is 25.2 Å². The van der Waals surface area contributed by atoms with Crippen LogP contribution < -0.4 is 11.1 Å². The second-order valence-corrected chi connectivity index (χ2v) is 7.09. The number of nitrogens with zero attached hydrogens (tertiary/aromatic N) is 3. The molecule has 6 nitrogen and oxygen atoms in total. The van der Waals surface area contributed by atoms with E-state index in [2.05, 4.69) is 15.4 Å². The standard InChI is InChI=1S/C20H20ClN5O/c21-16-3-1-2-4-17(16)26-19(14-7-8-14)24-18(25-26)20(27)23-12-11-13-5-9-15(22)10-6-13/h1-6,9-10,14H,7-8,11-12,22H2,(H,23,27). The molecule has 3 N–H and O–H groups in total. The first kappa shape index (κ1) is 17.5. The van der Waals surface area contributed by atoms with Gasteiger partial charge in [0.2, 0.25) is 5.82 Å². The molecule has 0 unspecified atom stereocenters. The summed E-state index contributed by atoms with van der Waals surface area (Å²) < 4.78 is 1.70. The first-order chi connectivity index (χ1) is 13.1. The number of carbonyl (C=O) groups excluding carboxylic acids is 1. The average Bonchev–Trinajstić information content (AvgIpc) is 3.42. The Hall–Kier alpha value is -2.86. The molecule has 7 heteroatoms. The number of hydrogen-bond donors (Lipinski definition) is 2. The molecule has 1 amide bonds. The number of benzene rings is 2. The van der Waals surface area contributed by atoms with Gasteiger partial charge in [-0.05, 0) is 49.1 Å².